The van der Waals surface area contributed by atoms with Gasteiger partial charge in [0, 0.05) is 26.6 Å². The molecule has 2 aromatic carbocycles. The summed E-state index contributed by atoms with van der Waals surface area (Å²) in [7, 11) is 0. The fourth-order valence-corrected chi connectivity index (χ4v) is 2.58. The summed E-state index contributed by atoms with van der Waals surface area (Å²) in [5.74, 6) is -0.553. The zero-order chi connectivity index (χ0) is 14.7. The van der Waals surface area contributed by atoms with Gasteiger partial charge in [-0.1, -0.05) is 37.9 Å². The SMILES string of the molecule is Cc1c(Br)cccc1C(=O)NCc1cc(Br)ccc1F. The molecule has 0 atom stereocenters. The lowest BCUT2D eigenvalue weighted by molar-refractivity contribution is 0.0950. The summed E-state index contributed by atoms with van der Waals surface area (Å²) in [4.78, 5) is 12.1. The van der Waals surface area contributed by atoms with Gasteiger partial charge >= 0.3 is 0 Å². The average Bonchev–Trinajstić information content (AvgIpc) is 2.42. The van der Waals surface area contributed by atoms with Crippen LogP contribution in [0.4, 0.5) is 4.39 Å². The number of benzene rings is 2. The number of hydrogen-bond donors (Lipinski definition) is 1. The molecule has 5 heteroatoms. The van der Waals surface area contributed by atoms with Crippen LogP contribution >= 0.6 is 31.9 Å². The lowest BCUT2D eigenvalue weighted by atomic mass is 10.1. The van der Waals surface area contributed by atoms with Gasteiger partial charge in [-0.2, -0.15) is 0 Å². The smallest absolute Gasteiger partial charge is 0.251 e. The van der Waals surface area contributed by atoms with E-state index in [0.717, 1.165) is 14.5 Å². The van der Waals surface area contributed by atoms with Crippen LogP contribution < -0.4 is 5.32 Å². The molecule has 1 N–H and O–H groups in total. The summed E-state index contributed by atoms with van der Waals surface area (Å²) in [6.07, 6.45) is 0. The molecule has 1 amide bonds. The minimum absolute atomic E-state index is 0.149. The van der Waals surface area contributed by atoms with E-state index in [1.54, 1.807) is 24.3 Å². The largest absolute Gasteiger partial charge is 0.348 e. The van der Waals surface area contributed by atoms with E-state index in [2.05, 4.69) is 37.2 Å². The van der Waals surface area contributed by atoms with Gasteiger partial charge in [0.15, 0.2) is 0 Å². The third-order valence-electron chi connectivity index (χ3n) is 2.96. The summed E-state index contributed by atoms with van der Waals surface area (Å²) < 4.78 is 15.2. The lowest BCUT2D eigenvalue weighted by Crippen LogP contribution is -2.24. The maximum Gasteiger partial charge on any atom is 0.251 e. The van der Waals surface area contributed by atoms with Crippen molar-refractivity contribution in [2.45, 2.75) is 13.5 Å². The molecule has 0 fully saturated rings. The molecule has 2 aromatic rings. The standard InChI is InChI=1S/C15H12Br2FNO/c1-9-12(3-2-4-13(9)17)15(20)19-8-10-7-11(16)5-6-14(10)18/h2-7H,8H2,1H3,(H,19,20). The molecule has 2 rings (SSSR count). The van der Waals surface area contributed by atoms with Crippen molar-refractivity contribution in [1.82, 2.24) is 5.32 Å². The Kier molecular flexibility index (Phi) is 4.94. The Morgan fingerprint density at radius 2 is 2.00 bits per heavy atom. The lowest BCUT2D eigenvalue weighted by Gasteiger charge is -2.09. The molecule has 0 saturated heterocycles. The number of hydrogen-bond acceptors (Lipinski definition) is 1. The maximum absolute atomic E-state index is 13.6. The van der Waals surface area contributed by atoms with Crippen molar-refractivity contribution in [3.63, 3.8) is 0 Å². The average molecular weight is 401 g/mol. The highest BCUT2D eigenvalue weighted by Crippen LogP contribution is 2.20. The van der Waals surface area contributed by atoms with Gasteiger partial charge in [-0.3, -0.25) is 4.79 Å². The molecule has 0 saturated carbocycles. The van der Waals surface area contributed by atoms with Gasteiger partial charge in [0.25, 0.3) is 5.91 Å². The molecule has 104 valence electrons. The minimum Gasteiger partial charge on any atom is -0.348 e. The topological polar surface area (TPSA) is 29.1 Å². The molecule has 0 heterocycles. The summed E-state index contributed by atoms with van der Waals surface area (Å²) in [6.45, 7) is 2.01. The molecule has 0 aromatic heterocycles. The second-order valence-electron chi connectivity index (χ2n) is 4.33. The molecule has 2 nitrogen and oxygen atoms in total. The van der Waals surface area contributed by atoms with E-state index in [-0.39, 0.29) is 18.3 Å². The number of nitrogens with one attached hydrogen (secondary N) is 1. The zero-order valence-corrected chi connectivity index (χ0v) is 13.9. The van der Waals surface area contributed by atoms with E-state index in [1.165, 1.54) is 6.07 Å². The molecule has 0 radical (unpaired) electrons. The number of rotatable bonds is 3. The molecular weight excluding hydrogens is 389 g/mol. The number of carbonyl (C=O) groups is 1. The minimum atomic E-state index is -0.334. The summed E-state index contributed by atoms with van der Waals surface area (Å²) in [6, 6.07) is 10.1. The predicted octanol–water partition coefficient (Wildman–Crippen LogP) is 4.59. The maximum atomic E-state index is 13.6. The molecule has 20 heavy (non-hydrogen) atoms. The van der Waals surface area contributed by atoms with Crippen molar-refractivity contribution in [3.8, 4) is 0 Å². The highest BCUT2D eigenvalue weighted by atomic mass is 79.9. The first-order chi connectivity index (χ1) is 9.49. The van der Waals surface area contributed by atoms with Gasteiger partial charge in [0.05, 0.1) is 0 Å². The molecular formula is C15H12Br2FNO. The van der Waals surface area contributed by atoms with Crippen molar-refractivity contribution in [2.24, 2.45) is 0 Å². The van der Waals surface area contributed by atoms with Crippen LogP contribution in [0.15, 0.2) is 45.3 Å². The van der Waals surface area contributed by atoms with Crippen molar-refractivity contribution < 1.29 is 9.18 Å². The van der Waals surface area contributed by atoms with Crippen LogP contribution in [0.2, 0.25) is 0 Å². The van der Waals surface area contributed by atoms with Crippen molar-refractivity contribution in [1.29, 1.82) is 0 Å². The highest BCUT2D eigenvalue weighted by Gasteiger charge is 2.11. The van der Waals surface area contributed by atoms with Crippen molar-refractivity contribution in [2.75, 3.05) is 0 Å². The molecule has 0 aliphatic carbocycles. The third kappa shape index (κ3) is 3.46. The number of amides is 1. The van der Waals surface area contributed by atoms with Gasteiger partial charge < -0.3 is 5.32 Å². The van der Waals surface area contributed by atoms with Gasteiger partial charge in [-0.15, -0.1) is 0 Å². The fraction of sp³-hybridized carbons (Fsp3) is 0.133. The molecule has 0 unspecified atom stereocenters. The zero-order valence-electron chi connectivity index (χ0n) is 10.7. The summed E-state index contributed by atoms with van der Waals surface area (Å²) in [5.41, 5.74) is 1.88. The van der Waals surface area contributed by atoms with Crippen LogP contribution in [0.1, 0.15) is 21.5 Å². The van der Waals surface area contributed by atoms with Crippen LogP contribution in [0.5, 0.6) is 0 Å². The Bertz CT molecular complexity index is 658. The molecule has 0 aliphatic rings. The van der Waals surface area contributed by atoms with Gasteiger partial charge in [0.1, 0.15) is 5.82 Å². The van der Waals surface area contributed by atoms with Crippen LogP contribution in [-0.4, -0.2) is 5.91 Å². The van der Waals surface area contributed by atoms with E-state index >= 15 is 0 Å². The first-order valence-electron chi connectivity index (χ1n) is 5.96. The first-order valence-corrected chi connectivity index (χ1v) is 7.55. The van der Waals surface area contributed by atoms with E-state index in [4.69, 9.17) is 0 Å². The number of halogens is 3. The Balaban J connectivity index is 2.13. The molecule has 0 bridgehead atoms. The van der Waals surface area contributed by atoms with E-state index < -0.39 is 0 Å². The monoisotopic (exact) mass is 399 g/mol. The van der Waals surface area contributed by atoms with Gasteiger partial charge in [0.2, 0.25) is 0 Å². The van der Waals surface area contributed by atoms with Crippen LogP contribution in [0, 0.1) is 12.7 Å². The fourth-order valence-electron chi connectivity index (χ4n) is 1.80. The van der Waals surface area contributed by atoms with E-state index in [1.807, 2.05) is 13.0 Å². The Hall–Kier alpha value is -1.20. The first kappa shape index (κ1) is 15.2. The van der Waals surface area contributed by atoms with Crippen LogP contribution in [0.25, 0.3) is 0 Å². The highest BCUT2D eigenvalue weighted by molar-refractivity contribution is 9.10. The molecule has 0 spiro atoms. The molecule has 0 aliphatic heterocycles. The van der Waals surface area contributed by atoms with Gasteiger partial charge in [-0.25, -0.2) is 4.39 Å². The van der Waals surface area contributed by atoms with Crippen LogP contribution in [0.3, 0.4) is 0 Å². The Morgan fingerprint density at radius 1 is 1.25 bits per heavy atom. The second-order valence-corrected chi connectivity index (χ2v) is 6.10. The predicted molar refractivity (Wildman–Crippen MR) is 84.1 cm³/mol. The Labute approximate surface area is 133 Å². The Morgan fingerprint density at radius 3 is 2.75 bits per heavy atom. The third-order valence-corrected chi connectivity index (χ3v) is 4.31. The number of carbonyl (C=O) groups excluding carboxylic acids is 1. The van der Waals surface area contributed by atoms with Crippen molar-refractivity contribution >= 4 is 37.8 Å². The van der Waals surface area contributed by atoms with Gasteiger partial charge in [-0.05, 0) is 42.8 Å². The normalized spacial score (nSPS) is 10.4. The van der Waals surface area contributed by atoms with E-state index in [0.29, 0.717) is 11.1 Å². The van der Waals surface area contributed by atoms with Crippen LogP contribution in [-0.2, 0) is 6.54 Å². The van der Waals surface area contributed by atoms with Crippen molar-refractivity contribution in [3.05, 3.63) is 67.9 Å². The second kappa shape index (κ2) is 6.50. The summed E-state index contributed by atoms with van der Waals surface area (Å²) >= 11 is 6.67. The summed E-state index contributed by atoms with van der Waals surface area (Å²) in [5, 5.41) is 2.73. The quantitative estimate of drug-likeness (QED) is 0.802. The van der Waals surface area contributed by atoms with E-state index in [9.17, 15) is 9.18 Å².